The second-order valence-electron chi connectivity index (χ2n) is 4.53. The smallest absolute Gasteiger partial charge is 0.163 e. The van der Waals surface area contributed by atoms with Crippen LogP contribution in [0.25, 0.3) is 0 Å². The van der Waals surface area contributed by atoms with Crippen LogP contribution >= 0.6 is 31.9 Å². The van der Waals surface area contributed by atoms with E-state index in [4.69, 9.17) is 9.47 Å². The van der Waals surface area contributed by atoms with Gasteiger partial charge in [-0.15, -0.1) is 0 Å². The number of hydrogen-bond donors (Lipinski definition) is 0. The van der Waals surface area contributed by atoms with Crippen molar-refractivity contribution in [3.63, 3.8) is 0 Å². The van der Waals surface area contributed by atoms with Crippen molar-refractivity contribution in [3.8, 4) is 11.5 Å². The zero-order chi connectivity index (χ0) is 15.4. The fourth-order valence-corrected chi connectivity index (χ4v) is 3.26. The van der Waals surface area contributed by atoms with Crippen molar-refractivity contribution < 1.29 is 13.9 Å². The molecule has 0 aliphatic rings. The zero-order valence-electron chi connectivity index (χ0n) is 11.7. The fourth-order valence-electron chi connectivity index (χ4n) is 2.09. The van der Waals surface area contributed by atoms with Crippen molar-refractivity contribution >= 4 is 31.9 Å². The summed E-state index contributed by atoms with van der Waals surface area (Å²) in [5, 5.41) is 0. The first-order valence-electron chi connectivity index (χ1n) is 6.35. The molecule has 0 fully saturated rings. The van der Waals surface area contributed by atoms with E-state index in [2.05, 4.69) is 31.9 Å². The molecule has 1 unspecified atom stereocenters. The van der Waals surface area contributed by atoms with E-state index in [-0.39, 0.29) is 10.6 Å². The van der Waals surface area contributed by atoms with Crippen LogP contribution in [0.5, 0.6) is 11.5 Å². The molecule has 2 rings (SSSR count). The van der Waals surface area contributed by atoms with Gasteiger partial charge in [-0.05, 0) is 30.2 Å². The number of hydrogen-bond acceptors (Lipinski definition) is 2. The molecular weight excluding hydrogens is 403 g/mol. The van der Waals surface area contributed by atoms with Gasteiger partial charge in [0, 0.05) is 20.9 Å². The maximum Gasteiger partial charge on any atom is 0.163 e. The fraction of sp³-hybridized carbons (Fsp3) is 0.250. The Hall–Kier alpha value is -1.07. The Balaban J connectivity index is 2.28. The SMILES string of the molecule is COc1cc(F)c(C(Br)Cc2cccc(Br)c2)cc1OC. The lowest BCUT2D eigenvalue weighted by atomic mass is 10.0. The third-order valence-corrected chi connectivity index (χ3v) is 4.45. The maximum atomic E-state index is 14.2. The summed E-state index contributed by atoms with van der Waals surface area (Å²) in [6, 6.07) is 11.0. The highest BCUT2D eigenvalue weighted by Crippen LogP contribution is 2.36. The predicted octanol–water partition coefficient (Wildman–Crippen LogP) is 5.28. The van der Waals surface area contributed by atoms with Gasteiger partial charge in [0.15, 0.2) is 11.5 Å². The Morgan fingerprint density at radius 2 is 1.76 bits per heavy atom. The third kappa shape index (κ3) is 3.98. The molecule has 5 heteroatoms. The van der Waals surface area contributed by atoms with Gasteiger partial charge in [0.2, 0.25) is 0 Å². The van der Waals surface area contributed by atoms with Crippen LogP contribution in [0.15, 0.2) is 40.9 Å². The van der Waals surface area contributed by atoms with Gasteiger partial charge < -0.3 is 9.47 Å². The van der Waals surface area contributed by atoms with Gasteiger partial charge in [0.1, 0.15) is 5.82 Å². The molecule has 0 saturated carbocycles. The van der Waals surface area contributed by atoms with E-state index < -0.39 is 0 Å². The minimum absolute atomic E-state index is 0.147. The van der Waals surface area contributed by atoms with Gasteiger partial charge in [0.25, 0.3) is 0 Å². The van der Waals surface area contributed by atoms with Crippen LogP contribution in [-0.2, 0) is 6.42 Å². The largest absolute Gasteiger partial charge is 0.493 e. The molecule has 1 atom stereocenters. The summed E-state index contributed by atoms with van der Waals surface area (Å²) in [6.45, 7) is 0. The Kier molecular flexibility index (Phi) is 5.65. The van der Waals surface area contributed by atoms with E-state index in [0.717, 1.165) is 10.0 Å². The number of methoxy groups -OCH3 is 2. The third-order valence-electron chi connectivity index (χ3n) is 3.14. The van der Waals surface area contributed by atoms with E-state index in [1.54, 1.807) is 6.07 Å². The highest BCUT2D eigenvalue weighted by atomic mass is 79.9. The second kappa shape index (κ2) is 7.27. The van der Waals surface area contributed by atoms with E-state index in [9.17, 15) is 4.39 Å². The first-order valence-corrected chi connectivity index (χ1v) is 8.06. The first-order chi connectivity index (χ1) is 10.0. The lowest BCUT2D eigenvalue weighted by Gasteiger charge is -2.15. The summed E-state index contributed by atoms with van der Waals surface area (Å²) in [7, 11) is 3.03. The highest BCUT2D eigenvalue weighted by Gasteiger charge is 2.18. The topological polar surface area (TPSA) is 18.5 Å². The van der Waals surface area contributed by atoms with Crippen LogP contribution < -0.4 is 9.47 Å². The van der Waals surface area contributed by atoms with Crippen molar-refractivity contribution in [1.29, 1.82) is 0 Å². The summed E-state index contributed by atoms with van der Waals surface area (Å²) in [6.07, 6.45) is 0.672. The minimum Gasteiger partial charge on any atom is -0.493 e. The standard InChI is InChI=1S/C16H15Br2FO2/c1-20-15-8-12(14(19)9-16(15)21-2)13(18)7-10-4-3-5-11(17)6-10/h3-6,8-9,13H,7H2,1-2H3. The monoisotopic (exact) mass is 416 g/mol. The van der Waals surface area contributed by atoms with Gasteiger partial charge in [-0.3, -0.25) is 0 Å². The minimum atomic E-state index is -0.315. The molecule has 0 spiro atoms. The van der Waals surface area contributed by atoms with Gasteiger partial charge in [-0.25, -0.2) is 4.39 Å². The van der Waals surface area contributed by atoms with Crippen molar-refractivity contribution in [2.45, 2.75) is 11.2 Å². The van der Waals surface area contributed by atoms with Crippen molar-refractivity contribution in [3.05, 3.63) is 57.8 Å². The Bertz CT molecular complexity index is 632. The molecule has 0 saturated heterocycles. The number of alkyl halides is 1. The van der Waals surface area contributed by atoms with Crippen molar-refractivity contribution in [2.24, 2.45) is 0 Å². The molecule has 2 nitrogen and oxygen atoms in total. The van der Waals surface area contributed by atoms with Gasteiger partial charge in [-0.2, -0.15) is 0 Å². The van der Waals surface area contributed by atoms with Crippen LogP contribution in [0, 0.1) is 5.82 Å². The molecule has 0 aliphatic carbocycles. The average Bonchev–Trinajstić information content (AvgIpc) is 2.46. The number of halogens is 3. The number of ether oxygens (including phenoxy) is 2. The lowest BCUT2D eigenvalue weighted by Crippen LogP contribution is -2.01. The molecular formula is C16H15Br2FO2. The van der Waals surface area contributed by atoms with Gasteiger partial charge >= 0.3 is 0 Å². The molecule has 21 heavy (non-hydrogen) atoms. The molecule has 0 bridgehead atoms. The normalized spacial score (nSPS) is 12.0. The van der Waals surface area contributed by atoms with Gasteiger partial charge in [0.05, 0.1) is 14.2 Å². The Morgan fingerprint density at radius 1 is 1.10 bits per heavy atom. The van der Waals surface area contributed by atoms with E-state index in [0.29, 0.717) is 23.5 Å². The van der Waals surface area contributed by atoms with E-state index >= 15 is 0 Å². The van der Waals surface area contributed by atoms with Crippen molar-refractivity contribution in [1.82, 2.24) is 0 Å². The molecule has 0 heterocycles. The zero-order valence-corrected chi connectivity index (χ0v) is 14.9. The predicted molar refractivity (Wildman–Crippen MR) is 89.0 cm³/mol. The summed E-state index contributed by atoms with van der Waals surface area (Å²) in [5.74, 6) is 0.595. The molecule has 0 aromatic heterocycles. The molecule has 0 N–H and O–H groups in total. The summed E-state index contributed by atoms with van der Waals surface area (Å²) >= 11 is 6.99. The van der Waals surface area contributed by atoms with E-state index in [1.165, 1.54) is 20.3 Å². The molecule has 0 radical (unpaired) electrons. The van der Waals surface area contributed by atoms with Crippen LogP contribution in [-0.4, -0.2) is 14.2 Å². The van der Waals surface area contributed by atoms with Crippen LogP contribution in [0.2, 0.25) is 0 Å². The highest BCUT2D eigenvalue weighted by molar-refractivity contribution is 9.10. The lowest BCUT2D eigenvalue weighted by molar-refractivity contribution is 0.351. The summed E-state index contributed by atoms with van der Waals surface area (Å²) < 4.78 is 25.5. The molecule has 0 amide bonds. The summed E-state index contributed by atoms with van der Waals surface area (Å²) in [4.78, 5) is -0.147. The number of benzene rings is 2. The van der Waals surface area contributed by atoms with Crippen molar-refractivity contribution in [2.75, 3.05) is 14.2 Å². The molecule has 2 aromatic rings. The van der Waals surface area contributed by atoms with Crippen LogP contribution in [0.3, 0.4) is 0 Å². The quantitative estimate of drug-likeness (QED) is 0.615. The van der Waals surface area contributed by atoms with Crippen LogP contribution in [0.4, 0.5) is 4.39 Å². The Labute approximate surface area is 140 Å². The number of rotatable bonds is 5. The first kappa shape index (κ1) is 16.3. The second-order valence-corrected chi connectivity index (χ2v) is 6.55. The molecule has 2 aromatic carbocycles. The average molecular weight is 418 g/mol. The Morgan fingerprint density at radius 3 is 2.38 bits per heavy atom. The van der Waals surface area contributed by atoms with E-state index in [1.807, 2.05) is 24.3 Å². The summed E-state index contributed by atoms with van der Waals surface area (Å²) in [5.41, 5.74) is 1.66. The maximum absolute atomic E-state index is 14.2. The van der Waals surface area contributed by atoms with Crippen LogP contribution in [0.1, 0.15) is 16.0 Å². The molecule has 0 aliphatic heterocycles. The van der Waals surface area contributed by atoms with Gasteiger partial charge in [-0.1, -0.05) is 44.0 Å². The molecule has 112 valence electrons.